The Kier molecular flexibility index (Phi) is 6.69. The van der Waals surface area contributed by atoms with E-state index in [9.17, 15) is 13.2 Å². The normalized spacial score (nSPS) is 12.4. The number of aromatic nitrogens is 4. The van der Waals surface area contributed by atoms with Gasteiger partial charge in [0.15, 0.2) is 10.8 Å². The van der Waals surface area contributed by atoms with Crippen molar-refractivity contribution in [1.29, 1.82) is 0 Å². The van der Waals surface area contributed by atoms with E-state index in [-0.39, 0.29) is 22.5 Å². The van der Waals surface area contributed by atoms with Crippen molar-refractivity contribution < 1.29 is 13.2 Å². The van der Waals surface area contributed by atoms with Gasteiger partial charge in [-0.15, -0.1) is 21.5 Å². The number of aryl methyl sites for hydroxylation is 2. The molecule has 0 atom stereocenters. The molecule has 4 rings (SSSR count). The van der Waals surface area contributed by atoms with Gasteiger partial charge in [0.05, 0.1) is 16.0 Å². The third-order valence-corrected chi connectivity index (χ3v) is 9.29. The summed E-state index contributed by atoms with van der Waals surface area (Å²) in [7, 11) is -0.569. The molecule has 0 aliphatic heterocycles. The topological polar surface area (TPSA) is 110 Å². The Morgan fingerprint density at radius 2 is 1.85 bits per heavy atom. The average molecular weight is 519 g/mol. The molecule has 3 heterocycles. The summed E-state index contributed by atoms with van der Waals surface area (Å²) in [4.78, 5) is 19.8. The Balaban J connectivity index is 1.55. The molecule has 0 saturated carbocycles. The Morgan fingerprint density at radius 1 is 1.18 bits per heavy atom. The molecule has 12 heteroatoms. The van der Waals surface area contributed by atoms with E-state index in [0.717, 1.165) is 31.6 Å². The van der Waals surface area contributed by atoms with Crippen molar-refractivity contribution in [3.63, 3.8) is 0 Å². The number of thioether (sulfide) groups is 1. The number of benzene rings is 1. The molecule has 34 heavy (non-hydrogen) atoms. The second kappa shape index (κ2) is 9.25. The molecule has 0 bridgehead atoms. The van der Waals surface area contributed by atoms with E-state index >= 15 is 0 Å². The smallest absolute Gasteiger partial charge is 0.242 e. The van der Waals surface area contributed by atoms with E-state index < -0.39 is 10.0 Å². The zero-order valence-electron chi connectivity index (χ0n) is 19.8. The quantitative estimate of drug-likeness (QED) is 0.367. The Bertz CT molecular complexity index is 1490. The minimum absolute atomic E-state index is 0.121. The van der Waals surface area contributed by atoms with Crippen LogP contribution < -0.4 is 5.32 Å². The number of thiophene rings is 1. The number of nitrogens with zero attached hydrogens (tertiary/aromatic N) is 5. The van der Waals surface area contributed by atoms with Crippen LogP contribution in [0.1, 0.15) is 36.0 Å². The molecule has 0 radical (unpaired) electrons. The molecule has 9 nitrogen and oxygen atoms in total. The summed E-state index contributed by atoms with van der Waals surface area (Å²) >= 11 is 2.94. The summed E-state index contributed by atoms with van der Waals surface area (Å²) < 4.78 is 27.5. The third kappa shape index (κ3) is 4.42. The fraction of sp³-hybridized carbons (Fsp3) is 0.364. The van der Waals surface area contributed by atoms with Crippen LogP contribution in [-0.4, -0.2) is 58.1 Å². The van der Waals surface area contributed by atoms with Crippen molar-refractivity contribution in [3.8, 4) is 0 Å². The minimum Gasteiger partial charge on any atom is -0.325 e. The van der Waals surface area contributed by atoms with Crippen molar-refractivity contribution in [2.75, 3.05) is 25.2 Å². The zero-order valence-corrected chi connectivity index (χ0v) is 22.2. The lowest BCUT2D eigenvalue weighted by Gasteiger charge is -2.12. The zero-order chi connectivity index (χ0) is 24.8. The summed E-state index contributed by atoms with van der Waals surface area (Å²) in [5, 5.41) is 13.2. The number of anilines is 1. The van der Waals surface area contributed by atoms with Crippen LogP contribution in [0.4, 0.5) is 5.69 Å². The molecule has 0 aliphatic rings. The van der Waals surface area contributed by atoms with Crippen LogP contribution in [0.25, 0.3) is 15.9 Å². The van der Waals surface area contributed by atoms with E-state index in [2.05, 4.69) is 43.2 Å². The molecular weight excluding hydrogens is 492 g/mol. The maximum absolute atomic E-state index is 12.6. The van der Waals surface area contributed by atoms with Gasteiger partial charge in [-0.25, -0.2) is 17.7 Å². The highest BCUT2D eigenvalue weighted by Crippen LogP contribution is 2.34. The standard InChI is InChI=1S/C22H26N6O3S3/c1-12(2)19-24-21-18(13(3)14(4)33-21)20-25-26-22(28(19)20)32-11-17(29)23-15-7-9-16(10-8-15)34(30,31)27(5)6/h7-10,12H,11H2,1-6H3,(H,23,29). The Labute approximate surface area is 206 Å². The number of fused-ring (bicyclic) bond motifs is 3. The van der Waals surface area contributed by atoms with Crippen molar-refractivity contribution in [1.82, 2.24) is 23.9 Å². The van der Waals surface area contributed by atoms with E-state index in [4.69, 9.17) is 4.98 Å². The lowest BCUT2D eigenvalue weighted by Crippen LogP contribution is -2.22. The Morgan fingerprint density at radius 3 is 2.47 bits per heavy atom. The maximum atomic E-state index is 12.6. The predicted molar refractivity (Wildman–Crippen MR) is 136 cm³/mol. The maximum Gasteiger partial charge on any atom is 0.242 e. The first kappa shape index (κ1) is 24.6. The van der Waals surface area contributed by atoms with E-state index in [1.54, 1.807) is 23.5 Å². The van der Waals surface area contributed by atoms with Gasteiger partial charge in [0.1, 0.15) is 10.7 Å². The molecule has 1 N–H and O–H groups in total. The summed E-state index contributed by atoms with van der Waals surface area (Å²) in [5.41, 5.74) is 2.43. The fourth-order valence-electron chi connectivity index (χ4n) is 3.47. The van der Waals surface area contributed by atoms with E-state index in [0.29, 0.717) is 10.8 Å². The van der Waals surface area contributed by atoms with Crippen LogP contribution in [0, 0.1) is 13.8 Å². The monoisotopic (exact) mass is 518 g/mol. The van der Waals surface area contributed by atoms with Gasteiger partial charge in [0.2, 0.25) is 15.9 Å². The van der Waals surface area contributed by atoms with Crippen LogP contribution in [-0.2, 0) is 14.8 Å². The van der Waals surface area contributed by atoms with Gasteiger partial charge in [0, 0.05) is 30.6 Å². The first-order valence-corrected chi connectivity index (χ1v) is 13.8. The summed E-state index contributed by atoms with van der Waals surface area (Å²) in [5.74, 6) is 0.896. The molecule has 0 spiro atoms. The second-order valence-electron chi connectivity index (χ2n) is 8.38. The first-order chi connectivity index (χ1) is 16.0. The van der Waals surface area contributed by atoms with Gasteiger partial charge < -0.3 is 5.32 Å². The molecule has 0 unspecified atom stereocenters. The lowest BCUT2D eigenvalue weighted by molar-refractivity contribution is -0.113. The van der Waals surface area contributed by atoms with Gasteiger partial charge in [-0.05, 0) is 43.7 Å². The molecule has 3 aromatic heterocycles. The van der Waals surface area contributed by atoms with Crippen molar-refractivity contribution in [3.05, 3.63) is 40.5 Å². The molecule has 1 amide bonds. The average Bonchev–Trinajstić information content (AvgIpc) is 3.32. The third-order valence-electron chi connectivity index (χ3n) is 5.43. The summed E-state index contributed by atoms with van der Waals surface area (Å²) in [6, 6.07) is 6.09. The minimum atomic E-state index is -3.52. The second-order valence-corrected chi connectivity index (χ2v) is 12.7. The molecule has 180 valence electrons. The van der Waals surface area contributed by atoms with Gasteiger partial charge in [-0.2, -0.15) is 0 Å². The van der Waals surface area contributed by atoms with Gasteiger partial charge in [-0.1, -0.05) is 25.6 Å². The lowest BCUT2D eigenvalue weighted by atomic mass is 10.2. The van der Waals surface area contributed by atoms with E-state index in [1.165, 1.54) is 42.9 Å². The number of carbonyl (C=O) groups is 1. The number of amides is 1. The molecule has 0 saturated heterocycles. The number of nitrogens with one attached hydrogen (secondary N) is 1. The molecule has 4 aromatic rings. The van der Waals surface area contributed by atoms with Crippen molar-refractivity contribution in [2.45, 2.75) is 43.7 Å². The van der Waals surface area contributed by atoms with Crippen LogP contribution in [0.15, 0.2) is 34.3 Å². The van der Waals surface area contributed by atoms with E-state index in [1.807, 2.05) is 4.40 Å². The van der Waals surface area contributed by atoms with Crippen molar-refractivity contribution >= 4 is 60.6 Å². The predicted octanol–water partition coefficient (Wildman–Crippen LogP) is 4.06. The van der Waals surface area contributed by atoms with Crippen LogP contribution in [0.3, 0.4) is 0 Å². The van der Waals surface area contributed by atoms with Crippen LogP contribution in [0.2, 0.25) is 0 Å². The molecular formula is C22H26N6O3S3. The van der Waals surface area contributed by atoms with Crippen molar-refractivity contribution in [2.24, 2.45) is 0 Å². The summed E-state index contributed by atoms with van der Waals surface area (Å²) in [6.45, 7) is 8.28. The number of hydrogen-bond acceptors (Lipinski definition) is 8. The van der Waals surface area contributed by atoms with Gasteiger partial charge >= 0.3 is 0 Å². The summed E-state index contributed by atoms with van der Waals surface area (Å²) in [6.07, 6.45) is 0. The number of carbonyl (C=O) groups excluding carboxylic acids is 1. The fourth-order valence-corrected chi connectivity index (χ4v) is 6.15. The van der Waals surface area contributed by atoms with Crippen LogP contribution in [0.5, 0.6) is 0 Å². The molecule has 0 fully saturated rings. The van der Waals surface area contributed by atoms with Crippen LogP contribution >= 0.6 is 23.1 Å². The molecule has 1 aromatic carbocycles. The highest BCUT2D eigenvalue weighted by molar-refractivity contribution is 7.99. The highest BCUT2D eigenvalue weighted by Gasteiger charge is 2.21. The number of sulfonamides is 1. The molecule has 0 aliphatic carbocycles. The SMILES string of the molecule is Cc1sc2nc(C(C)C)n3c(SCC(=O)Nc4ccc(S(=O)(=O)N(C)C)cc4)nnc3c2c1C. The first-order valence-electron chi connectivity index (χ1n) is 10.6. The number of hydrogen-bond donors (Lipinski definition) is 1. The number of rotatable bonds is 7. The largest absolute Gasteiger partial charge is 0.325 e. The van der Waals surface area contributed by atoms with Gasteiger partial charge in [0.25, 0.3) is 0 Å². The van der Waals surface area contributed by atoms with Gasteiger partial charge in [-0.3, -0.25) is 9.20 Å². The highest BCUT2D eigenvalue weighted by atomic mass is 32.2. The Hall–Kier alpha value is -2.54.